The van der Waals surface area contributed by atoms with Crippen molar-refractivity contribution in [2.24, 2.45) is 4.99 Å². The third-order valence-corrected chi connectivity index (χ3v) is 6.62. The lowest BCUT2D eigenvalue weighted by Crippen LogP contribution is -2.26. The Hall–Kier alpha value is -2.38. The molecule has 6 nitrogen and oxygen atoms in total. The average Bonchev–Trinajstić information content (AvgIpc) is 3.12. The summed E-state index contributed by atoms with van der Waals surface area (Å²) in [5, 5.41) is 2.35. The van der Waals surface area contributed by atoms with Crippen molar-refractivity contribution in [3.63, 3.8) is 0 Å². The molecule has 160 valence electrons. The molecule has 0 atom stereocenters. The number of halogens is 1. The Morgan fingerprint density at radius 2 is 1.87 bits per heavy atom. The lowest BCUT2D eigenvalue weighted by molar-refractivity contribution is 0.0607. The molecule has 0 N–H and O–H groups in total. The van der Waals surface area contributed by atoms with Crippen molar-refractivity contribution in [2.45, 2.75) is 38.1 Å². The van der Waals surface area contributed by atoms with Crippen LogP contribution in [0.5, 0.6) is 0 Å². The van der Waals surface area contributed by atoms with Crippen LogP contribution in [0, 0.1) is 0 Å². The molecule has 1 aliphatic carbocycles. The van der Waals surface area contributed by atoms with Gasteiger partial charge < -0.3 is 9.64 Å². The Balaban J connectivity index is 0.00000256. The molecule has 0 amide bonds. The van der Waals surface area contributed by atoms with Gasteiger partial charge in [-0.3, -0.25) is 9.36 Å². The minimum atomic E-state index is -0.427. The van der Waals surface area contributed by atoms with Gasteiger partial charge >= 0.3 is 5.97 Å². The molecule has 1 aliphatic rings. The molecule has 2 heterocycles. The van der Waals surface area contributed by atoms with Crippen LogP contribution in [-0.4, -0.2) is 43.0 Å². The highest BCUT2D eigenvalue weighted by atomic mass is 35.5. The predicted molar refractivity (Wildman–Crippen MR) is 126 cm³/mol. The van der Waals surface area contributed by atoms with Crippen LogP contribution < -0.4 is 5.56 Å². The summed E-state index contributed by atoms with van der Waals surface area (Å²) in [5.74, 6) is -0.427. The normalized spacial score (nSPS) is 14.9. The van der Waals surface area contributed by atoms with Gasteiger partial charge in [0.2, 0.25) is 0 Å². The van der Waals surface area contributed by atoms with Gasteiger partial charge in [-0.2, -0.15) is 0 Å². The van der Waals surface area contributed by atoms with Gasteiger partial charge in [0, 0.05) is 30.9 Å². The standard InChI is InChI=1S/C22H25N3O3S.ClH/c1-24(2)13-23-18-17-15-11-7-8-12-16(15)20(26)25(14-9-5-4-6-10-14)21(17)29-19(18)22(27)28-3;/h7-8,11-14H,4-6,9-10H2,1-3H3;1H. The fourth-order valence-corrected chi connectivity index (χ4v) is 5.38. The van der Waals surface area contributed by atoms with Gasteiger partial charge in [-0.15, -0.1) is 23.7 Å². The molecule has 1 saturated carbocycles. The molecule has 0 radical (unpaired) electrons. The summed E-state index contributed by atoms with van der Waals surface area (Å²) >= 11 is 1.31. The van der Waals surface area contributed by atoms with E-state index in [2.05, 4.69) is 4.99 Å². The Bertz CT molecular complexity index is 1160. The first kappa shape index (κ1) is 22.3. The highest BCUT2D eigenvalue weighted by Crippen LogP contribution is 2.43. The minimum Gasteiger partial charge on any atom is -0.465 e. The van der Waals surface area contributed by atoms with Crippen LogP contribution in [0.1, 0.15) is 47.8 Å². The zero-order chi connectivity index (χ0) is 20.5. The van der Waals surface area contributed by atoms with Crippen molar-refractivity contribution in [1.82, 2.24) is 9.47 Å². The number of hydrogen-bond acceptors (Lipinski definition) is 5. The van der Waals surface area contributed by atoms with E-state index < -0.39 is 5.97 Å². The number of ether oxygens (including phenoxy) is 1. The Morgan fingerprint density at radius 1 is 1.20 bits per heavy atom. The number of aliphatic imine (C=N–C) groups is 1. The van der Waals surface area contributed by atoms with E-state index in [0.717, 1.165) is 41.3 Å². The number of fused-ring (bicyclic) bond motifs is 3. The Morgan fingerprint density at radius 3 is 2.50 bits per heavy atom. The highest BCUT2D eigenvalue weighted by Gasteiger charge is 2.27. The number of esters is 1. The first-order chi connectivity index (χ1) is 14.0. The molecule has 1 fully saturated rings. The summed E-state index contributed by atoms with van der Waals surface area (Å²) in [6.07, 6.45) is 7.08. The maximum atomic E-state index is 13.5. The van der Waals surface area contributed by atoms with Gasteiger partial charge in [0.05, 0.1) is 13.4 Å². The monoisotopic (exact) mass is 447 g/mol. The molecule has 8 heteroatoms. The molecule has 0 saturated heterocycles. The molecule has 0 unspecified atom stereocenters. The van der Waals surface area contributed by atoms with Gasteiger partial charge in [0.1, 0.15) is 15.4 Å². The van der Waals surface area contributed by atoms with Crippen molar-refractivity contribution in [2.75, 3.05) is 21.2 Å². The lowest BCUT2D eigenvalue weighted by atomic mass is 9.94. The first-order valence-corrected chi connectivity index (χ1v) is 10.7. The number of benzene rings is 1. The number of rotatable bonds is 4. The maximum Gasteiger partial charge on any atom is 0.350 e. The van der Waals surface area contributed by atoms with E-state index in [1.807, 2.05) is 47.8 Å². The molecule has 1 aromatic carbocycles. The number of thiophene rings is 1. The SMILES string of the molecule is COC(=O)c1sc2c(c1N=CN(C)C)c1ccccc1c(=O)n2C1CCCCC1.Cl. The highest BCUT2D eigenvalue weighted by molar-refractivity contribution is 7.21. The molecule has 4 rings (SSSR count). The minimum absolute atomic E-state index is 0. The maximum absolute atomic E-state index is 13.5. The largest absolute Gasteiger partial charge is 0.465 e. The molecular weight excluding hydrogens is 422 g/mol. The predicted octanol–water partition coefficient (Wildman–Crippen LogP) is 5.15. The molecular formula is C22H26ClN3O3S. The second-order valence-corrected chi connectivity index (χ2v) is 8.67. The Kier molecular flexibility index (Phi) is 6.83. The quantitative estimate of drug-likeness (QED) is 0.315. The van der Waals surface area contributed by atoms with Crippen LogP contribution in [0.15, 0.2) is 34.1 Å². The average molecular weight is 448 g/mol. The zero-order valence-electron chi connectivity index (χ0n) is 17.4. The van der Waals surface area contributed by atoms with E-state index in [0.29, 0.717) is 16.0 Å². The number of nitrogens with zero attached hydrogens (tertiary/aromatic N) is 3. The summed E-state index contributed by atoms with van der Waals surface area (Å²) in [5.41, 5.74) is 0.590. The third kappa shape index (κ3) is 3.84. The number of methoxy groups -OCH3 is 1. The Labute approximate surface area is 185 Å². The van der Waals surface area contributed by atoms with Crippen molar-refractivity contribution < 1.29 is 9.53 Å². The van der Waals surface area contributed by atoms with E-state index in [9.17, 15) is 9.59 Å². The van der Waals surface area contributed by atoms with Gasteiger partial charge in [-0.05, 0) is 24.3 Å². The summed E-state index contributed by atoms with van der Waals surface area (Å²) in [4.78, 5) is 33.7. The van der Waals surface area contributed by atoms with Gasteiger partial charge in [-0.1, -0.05) is 37.5 Å². The van der Waals surface area contributed by atoms with E-state index in [4.69, 9.17) is 4.74 Å². The number of carbonyl (C=O) groups is 1. The molecule has 0 spiro atoms. The van der Waals surface area contributed by atoms with Crippen LogP contribution >= 0.6 is 23.7 Å². The second-order valence-electron chi connectivity index (χ2n) is 7.67. The zero-order valence-corrected chi connectivity index (χ0v) is 19.0. The van der Waals surface area contributed by atoms with E-state index >= 15 is 0 Å². The van der Waals surface area contributed by atoms with E-state index in [-0.39, 0.29) is 24.0 Å². The molecule has 0 bridgehead atoms. The van der Waals surface area contributed by atoms with Crippen LogP contribution in [0.25, 0.3) is 21.0 Å². The van der Waals surface area contributed by atoms with Crippen LogP contribution in [0.3, 0.4) is 0 Å². The topological polar surface area (TPSA) is 63.9 Å². The molecule has 3 aromatic rings. The van der Waals surface area contributed by atoms with E-state index in [1.54, 1.807) is 6.34 Å². The summed E-state index contributed by atoms with van der Waals surface area (Å²) in [6, 6.07) is 7.76. The number of hydrogen-bond donors (Lipinski definition) is 0. The van der Waals surface area contributed by atoms with Crippen molar-refractivity contribution in [1.29, 1.82) is 0 Å². The van der Waals surface area contributed by atoms with Crippen molar-refractivity contribution in [3.8, 4) is 0 Å². The van der Waals surface area contributed by atoms with E-state index in [1.165, 1.54) is 24.9 Å². The number of pyridine rings is 1. The lowest BCUT2D eigenvalue weighted by Gasteiger charge is -2.25. The van der Waals surface area contributed by atoms with Gasteiger partial charge in [-0.25, -0.2) is 9.79 Å². The summed E-state index contributed by atoms with van der Waals surface area (Å²) in [7, 11) is 5.14. The number of carbonyl (C=O) groups excluding carboxylic acids is 1. The van der Waals surface area contributed by atoms with Crippen LogP contribution in [-0.2, 0) is 4.74 Å². The second kappa shape index (κ2) is 9.18. The fraction of sp³-hybridized carbons (Fsp3) is 0.409. The van der Waals surface area contributed by atoms with Gasteiger partial charge in [0.15, 0.2) is 0 Å². The smallest absolute Gasteiger partial charge is 0.350 e. The summed E-state index contributed by atoms with van der Waals surface area (Å²) < 4.78 is 6.96. The fourth-order valence-electron chi connectivity index (χ4n) is 4.13. The third-order valence-electron chi connectivity index (χ3n) is 5.46. The molecule has 0 aliphatic heterocycles. The van der Waals surface area contributed by atoms with Crippen molar-refractivity contribution in [3.05, 3.63) is 39.5 Å². The van der Waals surface area contributed by atoms with Gasteiger partial charge in [0.25, 0.3) is 5.56 Å². The van der Waals surface area contributed by atoms with Crippen LogP contribution in [0.4, 0.5) is 5.69 Å². The number of aromatic nitrogens is 1. The van der Waals surface area contributed by atoms with Crippen molar-refractivity contribution >= 4 is 62.7 Å². The molecule has 30 heavy (non-hydrogen) atoms. The molecule has 2 aromatic heterocycles. The van der Waals surface area contributed by atoms with Crippen LogP contribution in [0.2, 0.25) is 0 Å². The summed E-state index contributed by atoms with van der Waals surface area (Å²) in [6.45, 7) is 0. The first-order valence-electron chi connectivity index (χ1n) is 9.91.